The Balaban J connectivity index is 1.59. The summed E-state index contributed by atoms with van der Waals surface area (Å²) in [6.45, 7) is 3.07. The molecule has 0 aliphatic rings. The molecule has 0 bridgehead atoms. The molecule has 6 heteroatoms. The van der Waals surface area contributed by atoms with Gasteiger partial charge in [-0.05, 0) is 48.9 Å². The highest BCUT2D eigenvalue weighted by Crippen LogP contribution is 2.29. The molecule has 0 fully saturated rings. The lowest BCUT2D eigenvalue weighted by Gasteiger charge is -2.06. The molecule has 6 nitrogen and oxygen atoms in total. The molecule has 5 rings (SSSR count). The summed E-state index contributed by atoms with van der Waals surface area (Å²) >= 11 is 0. The molecule has 0 aliphatic carbocycles. The Hall–Kier alpha value is -4.63. The Kier molecular flexibility index (Phi) is 5.91. The van der Waals surface area contributed by atoms with E-state index in [-0.39, 0.29) is 0 Å². The van der Waals surface area contributed by atoms with Gasteiger partial charge < -0.3 is 10.3 Å². The Morgan fingerprint density at radius 2 is 1.79 bits per heavy atom. The van der Waals surface area contributed by atoms with Crippen LogP contribution in [-0.2, 0) is 0 Å². The van der Waals surface area contributed by atoms with Crippen molar-refractivity contribution in [2.75, 3.05) is 11.9 Å². The number of rotatable bonds is 7. The van der Waals surface area contributed by atoms with Crippen LogP contribution in [0.2, 0.25) is 0 Å². The minimum atomic E-state index is 0.450. The maximum absolute atomic E-state index is 9.96. The average molecular weight is 445 g/mol. The van der Waals surface area contributed by atoms with Gasteiger partial charge in [0.05, 0.1) is 28.0 Å². The van der Waals surface area contributed by atoms with Crippen molar-refractivity contribution in [3.05, 3.63) is 96.4 Å². The van der Waals surface area contributed by atoms with E-state index in [0.717, 1.165) is 52.2 Å². The lowest BCUT2D eigenvalue weighted by molar-refractivity contribution is 0.884. The molecule has 0 radical (unpaired) electrons. The van der Waals surface area contributed by atoms with Gasteiger partial charge in [0, 0.05) is 29.6 Å². The van der Waals surface area contributed by atoms with E-state index in [9.17, 15) is 5.26 Å². The van der Waals surface area contributed by atoms with Crippen molar-refractivity contribution in [3.63, 3.8) is 0 Å². The van der Waals surface area contributed by atoms with Gasteiger partial charge in [0.15, 0.2) is 0 Å². The minimum absolute atomic E-state index is 0.450. The fraction of sp³-hybridized carbons (Fsp3) is 0.107. The second-order valence-corrected chi connectivity index (χ2v) is 7.99. The highest BCUT2D eigenvalue weighted by molar-refractivity contribution is 5.92. The number of hydrogen-bond acceptors (Lipinski definition) is 4. The first-order chi connectivity index (χ1) is 16.7. The summed E-state index contributed by atoms with van der Waals surface area (Å²) in [5, 5.41) is 18.2. The summed E-state index contributed by atoms with van der Waals surface area (Å²) in [6.07, 6.45) is 4.87. The number of aromatic nitrogens is 4. The molecule has 3 aromatic carbocycles. The molecular weight excluding hydrogens is 420 g/mol. The van der Waals surface area contributed by atoms with Crippen LogP contribution in [0.1, 0.15) is 24.7 Å². The van der Waals surface area contributed by atoms with Crippen molar-refractivity contribution < 1.29 is 0 Å². The number of H-pyrrole nitrogens is 1. The van der Waals surface area contributed by atoms with Gasteiger partial charge >= 0.3 is 0 Å². The summed E-state index contributed by atoms with van der Waals surface area (Å²) in [7, 11) is 0. The van der Waals surface area contributed by atoms with E-state index in [1.807, 2.05) is 71.6 Å². The number of nitrogens with zero attached hydrogens (tertiary/aromatic N) is 4. The molecule has 166 valence electrons. The largest absolute Gasteiger partial charge is 0.385 e. The molecule has 0 spiro atoms. The zero-order chi connectivity index (χ0) is 23.3. The van der Waals surface area contributed by atoms with Crippen molar-refractivity contribution in [2.45, 2.75) is 13.3 Å². The van der Waals surface area contributed by atoms with E-state index in [1.165, 1.54) is 0 Å². The van der Waals surface area contributed by atoms with Gasteiger partial charge in [0.2, 0.25) is 0 Å². The highest BCUT2D eigenvalue weighted by Gasteiger charge is 2.14. The van der Waals surface area contributed by atoms with E-state index in [2.05, 4.69) is 52.5 Å². The Morgan fingerprint density at radius 1 is 1.03 bits per heavy atom. The van der Waals surface area contributed by atoms with Crippen LogP contribution < -0.4 is 5.32 Å². The Labute approximate surface area is 198 Å². The van der Waals surface area contributed by atoms with Crippen molar-refractivity contribution in [2.24, 2.45) is 0 Å². The van der Waals surface area contributed by atoms with E-state index in [0.29, 0.717) is 11.4 Å². The quantitative estimate of drug-likeness (QED) is 0.289. The minimum Gasteiger partial charge on any atom is -0.385 e. The maximum atomic E-state index is 9.96. The Morgan fingerprint density at radius 3 is 2.53 bits per heavy atom. The maximum Gasteiger partial charge on any atom is 0.149 e. The first kappa shape index (κ1) is 21.2. The predicted molar refractivity (Wildman–Crippen MR) is 137 cm³/mol. The fourth-order valence-electron chi connectivity index (χ4n) is 3.83. The fourth-order valence-corrected chi connectivity index (χ4v) is 3.83. The molecule has 0 saturated heterocycles. The molecule has 0 amide bonds. The molecule has 0 unspecified atom stereocenters. The molecule has 5 aromatic rings. The number of anilines is 1. The van der Waals surface area contributed by atoms with Crippen molar-refractivity contribution >= 4 is 28.4 Å². The molecular formula is C28H24N6. The van der Waals surface area contributed by atoms with Gasteiger partial charge in [0.25, 0.3) is 0 Å². The number of nitriles is 1. The number of benzene rings is 3. The van der Waals surface area contributed by atoms with E-state index in [4.69, 9.17) is 5.10 Å². The van der Waals surface area contributed by atoms with Crippen LogP contribution in [0.4, 0.5) is 5.69 Å². The topological polar surface area (TPSA) is 82.3 Å². The molecule has 2 N–H and O–H groups in total. The van der Waals surface area contributed by atoms with E-state index < -0.39 is 0 Å². The summed E-state index contributed by atoms with van der Waals surface area (Å²) < 4.78 is 1.85. The number of allylic oxidation sites excluding steroid dienone is 1. The van der Waals surface area contributed by atoms with Crippen molar-refractivity contribution in [3.8, 4) is 23.0 Å². The molecule has 34 heavy (non-hydrogen) atoms. The van der Waals surface area contributed by atoms with Gasteiger partial charge in [-0.15, -0.1) is 0 Å². The smallest absolute Gasteiger partial charge is 0.149 e. The molecule has 2 heterocycles. The van der Waals surface area contributed by atoms with Crippen LogP contribution in [-0.4, -0.2) is 26.3 Å². The number of fused-ring (bicyclic) bond motifs is 1. The number of para-hydroxylation sites is 3. The van der Waals surface area contributed by atoms with Gasteiger partial charge in [-0.1, -0.05) is 49.4 Å². The second kappa shape index (κ2) is 9.47. The summed E-state index contributed by atoms with van der Waals surface area (Å²) in [6, 6.07) is 28.3. The van der Waals surface area contributed by atoms with Crippen LogP contribution in [0.25, 0.3) is 39.6 Å². The zero-order valence-corrected chi connectivity index (χ0v) is 18.9. The predicted octanol–water partition coefficient (Wildman–Crippen LogP) is 6.30. The number of imidazole rings is 1. The zero-order valence-electron chi connectivity index (χ0n) is 18.9. The van der Waals surface area contributed by atoms with Gasteiger partial charge in [-0.3, -0.25) is 0 Å². The Bertz CT molecular complexity index is 1450. The van der Waals surface area contributed by atoms with Crippen LogP contribution in [0.3, 0.4) is 0 Å². The van der Waals surface area contributed by atoms with E-state index in [1.54, 1.807) is 0 Å². The first-order valence-corrected chi connectivity index (χ1v) is 11.3. The van der Waals surface area contributed by atoms with Gasteiger partial charge in [-0.2, -0.15) is 10.4 Å². The van der Waals surface area contributed by atoms with Crippen LogP contribution in [0.5, 0.6) is 0 Å². The van der Waals surface area contributed by atoms with Crippen molar-refractivity contribution in [1.82, 2.24) is 19.7 Å². The third-order valence-corrected chi connectivity index (χ3v) is 5.57. The normalized spacial score (nSPS) is 11.5. The SMILES string of the molecule is CCCNc1ccc(-c2nn(-c3ccccc3)cc2/C=C(/C#N)c2nc3ccccc3[nH]2)cc1. The third-order valence-electron chi connectivity index (χ3n) is 5.57. The van der Waals surface area contributed by atoms with Crippen LogP contribution >= 0.6 is 0 Å². The summed E-state index contributed by atoms with van der Waals surface area (Å²) in [5.74, 6) is 0.543. The average Bonchev–Trinajstić information content (AvgIpc) is 3.51. The summed E-state index contributed by atoms with van der Waals surface area (Å²) in [5.41, 5.74) is 6.82. The molecule has 2 aromatic heterocycles. The first-order valence-electron chi connectivity index (χ1n) is 11.3. The van der Waals surface area contributed by atoms with Crippen LogP contribution in [0.15, 0.2) is 85.1 Å². The van der Waals surface area contributed by atoms with Crippen molar-refractivity contribution in [1.29, 1.82) is 5.26 Å². The molecule has 0 saturated carbocycles. The second-order valence-electron chi connectivity index (χ2n) is 7.99. The lowest BCUT2D eigenvalue weighted by Crippen LogP contribution is -1.99. The lowest BCUT2D eigenvalue weighted by atomic mass is 10.1. The monoisotopic (exact) mass is 444 g/mol. The van der Waals surface area contributed by atoms with E-state index >= 15 is 0 Å². The molecule has 0 aliphatic heterocycles. The number of hydrogen-bond donors (Lipinski definition) is 2. The van der Waals surface area contributed by atoms with Crippen LogP contribution in [0, 0.1) is 11.3 Å². The third kappa shape index (κ3) is 4.32. The standard InChI is InChI=1S/C28H24N6/c1-2-16-30-23-14-12-20(13-15-23)27-22(19-34(33-27)24-8-4-3-5-9-24)17-21(18-29)28-31-25-10-6-7-11-26(25)32-28/h3-15,17,19,30H,2,16H2,1H3,(H,31,32)/b21-17-. The number of nitrogens with one attached hydrogen (secondary N) is 2. The molecule has 0 atom stereocenters. The summed E-state index contributed by atoms with van der Waals surface area (Å²) in [4.78, 5) is 7.86. The van der Waals surface area contributed by atoms with Gasteiger partial charge in [0.1, 0.15) is 11.9 Å². The van der Waals surface area contributed by atoms with Gasteiger partial charge in [-0.25, -0.2) is 9.67 Å². The number of aromatic amines is 1. The highest BCUT2D eigenvalue weighted by atomic mass is 15.3.